The van der Waals surface area contributed by atoms with Crippen LogP contribution in [0.15, 0.2) is 66.9 Å². The van der Waals surface area contributed by atoms with Gasteiger partial charge in [-0.15, -0.1) is 0 Å². The van der Waals surface area contributed by atoms with Crippen LogP contribution in [0.2, 0.25) is 0 Å². The summed E-state index contributed by atoms with van der Waals surface area (Å²) in [6, 6.07) is 20.9. The van der Waals surface area contributed by atoms with E-state index in [9.17, 15) is 0 Å². The van der Waals surface area contributed by atoms with Crippen molar-refractivity contribution in [2.75, 3.05) is 13.1 Å². The predicted octanol–water partition coefficient (Wildman–Crippen LogP) is 4.28. The van der Waals surface area contributed by atoms with E-state index in [4.69, 9.17) is 4.74 Å². The molecule has 1 aromatic heterocycles. The van der Waals surface area contributed by atoms with Crippen LogP contribution in [0.1, 0.15) is 18.4 Å². The lowest BCUT2D eigenvalue weighted by Gasteiger charge is -2.32. The number of piperidine rings is 1. The van der Waals surface area contributed by atoms with E-state index in [-0.39, 0.29) is 0 Å². The van der Waals surface area contributed by atoms with Gasteiger partial charge in [-0.3, -0.25) is 9.88 Å². The van der Waals surface area contributed by atoms with Crippen LogP contribution in [0, 0.1) is 0 Å². The van der Waals surface area contributed by atoms with Crippen LogP contribution in [0.3, 0.4) is 0 Å². The lowest BCUT2D eigenvalue weighted by Crippen LogP contribution is -2.37. The first kappa shape index (κ1) is 15.2. The summed E-state index contributed by atoms with van der Waals surface area (Å²) in [7, 11) is 0. The number of ether oxygens (including phenoxy) is 1. The predicted molar refractivity (Wildman–Crippen MR) is 97.1 cm³/mol. The number of aromatic nitrogens is 1. The molecule has 0 saturated carbocycles. The molecule has 0 unspecified atom stereocenters. The normalized spacial score (nSPS) is 16.3. The lowest BCUT2D eigenvalue weighted by atomic mass is 10.1. The van der Waals surface area contributed by atoms with Gasteiger partial charge in [0.2, 0.25) is 0 Å². The number of nitrogens with zero attached hydrogens (tertiary/aromatic N) is 2. The topological polar surface area (TPSA) is 25.4 Å². The first-order valence-electron chi connectivity index (χ1n) is 8.65. The third-order valence-electron chi connectivity index (χ3n) is 4.69. The summed E-state index contributed by atoms with van der Waals surface area (Å²) >= 11 is 0. The molecule has 0 aliphatic carbocycles. The van der Waals surface area contributed by atoms with Gasteiger partial charge in [0.15, 0.2) is 0 Å². The number of benzene rings is 2. The maximum Gasteiger partial charge on any atom is 0.130 e. The molecule has 0 spiro atoms. The van der Waals surface area contributed by atoms with E-state index in [0.717, 1.165) is 49.1 Å². The fourth-order valence-corrected chi connectivity index (χ4v) is 3.38. The van der Waals surface area contributed by atoms with Crippen molar-refractivity contribution in [2.45, 2.75) is 25.5 Å². The molecule has 0 amide bonds. The van der Waals surface area contributed by atoms with Crippen molar-refractivity contribution in [1.29, 1.82) is 0 Å². The fourth-order valence-electron chi connectivity index (χ4n) is 3.38. The Labute approximate surface area is 142 Å². The minimum absolute atomic E-state index is 0.294. The molecule has 1 fully saturated rings. The molecule has 3 nitrogen and oxygen atoms in total. The van der Waals surface area contributed by atoms with Crippen LogP contribution >= 0.6 is 0 Å². The van der Waals surface area contributed by atoms with Crippen LogP contribution in [-0.2, 0) is 6.54 Å². The summed E-state index contributed by atoms with van der Waals surface area (Å²) in [5.41, 5.74) is 2.38. The standard InChI is InChI=1S/C21H22N2O/c1-2-6-17(7-3-1)16-23-14-11-18(12-15-23)24-21-10-13-22-20-9-5-4-8-19(20)21/h1-10,13,18H,11-12,14-16H2. The Morgan fingerprint density at radius 2 is 1.67 bits per heavy atom. The molecule has 122 valence electrons. The zero-order valence-corrected chi connectivity index (χ0v) is 13.8. The average Bonchev–Trinajstić information content (AvgIpc) is 2.65. The van der Waals surface area contributed by atoms with Crippen molar-refractivity contribution in [1.82, 2.24) is 9.88 Å². The van der Waals surface area contributed by atoms with Gasteiger partial charge in [0.05, 0.1) is 5.52 Å². The van der Waals surface area contributed by atoms with E-state index in [1.807, 2.05) is 30.5 Å². The van der Waals surface area contributed by atoms with E-state index in [2.05, 4.69) is 46.3 Å². The molecular weight excluding hydrogens is 296 g/mol. The third-order valence-corrected chi connectivity index (χ3v) is 4.69. The molecule has 4 rings (SSSR count). The van der Waals surface area contributed by atoms with Gasteiger partial charge in [-0.25, -0.2) is 0 Å². The highest BCUT2D eigenvalue weighted by atomic mass is 16.5. The Bertz CT molecular complexity index is 790. The summed E-state index contributed by atoms with van der Waals surface area (Å²) in [5, 5.41) is 1.10. The van der Waals surface area contributed by atoms with Gasteiger partial charge in [-0.1, -0.05) is 42.5 Å². The smallest absolute Gasteiger partial charge is 0.130 e. The second kappa shape index (κ2) is 7.02. The molecule has 0 N–H and O–H groups in total. The van der Waals surface area contributed by atoms with Gasteiger partial charge < -0.3 is 4.74 Å². The minimum atomic E-state index is 0.294. The zero-order valence-electron chi connectivity index (χ0n) is 13.8. The SMILES string of the molecule is c1ccc(CN2CCC(Oc3ccnc4ccccc34)CC2)cc1. The molecule has 3 heteroatoms. The van der Waals surface area contributed by atoms with E-state index < -0.39 is 0 Å². The number of hydrogen-bond acceptors (Lipinski definition) is 3. The molecule has 2 aromatic carbocycles. The van der Waals surface area contributed by atoms with E-state index in [1.165, 1.54) is 5.56 Å². The van der Waals surface area contributed by atoms with Crippen molar-refractivity contribution in [3.05, 3.63) is 72.4 Å². The third kappa shape index (κ3) is 3.41. The second-order valence-corrected chi connectivity index (χ2v) is 6.41. The summed E-state index contributed by atoms with van der Waals surface area (Å²) in [6.45, 7) is 3.21. The highest BCUT2D eigenvalue weighted by Crippen LogP contribution is 2.27. The van der Waals surface area contributed by atoms with E-state index >= 15 is 0 Å². The molecular formula is C21H22N2O. The second-order valence-electron chi connectivity index (χ2n) is 6.41. The van der Waals surface area contributed by atoms with Gasteiger partial charge in [-0.2, -0.15) is 0 Å². The van der Waals surface area contributed by atoms with Gasteiger partial charge in [-0.05, 0) is 36.6 Å². The van der Waals surface area contributed by atoms with E-state index in [0.29, 0.717) is 6.10 Å². The molecule has 1 aliphatic rings. The zero-order chi connectivity index (χ0) is 16.2. The molecule has 0 atom stereocenters. The Morgan fingerprint density at radius 3 is 2.50 bits per heavy atom. The van der Waals surface area contributed by atoms with Crippen LogP contribution in [0.4, 0.5) is 0 Å². The summed E-state index contributed by atoms with van der Waals surface area (Å²) in [4.78, 5) is 6.92. The van der Waals surface area contributed by atoms with Crippen LogP contribution < -0.4 is 4.74 Å². The molecule has 3 aromatic rings. The Hall–Kier alpha value is -2.39. The van der Waals surface area contributed by atoms with Gasteiger partial charge in [0.25, 0.3) is 0 Å². The van der Waals surface area contributed by atoms with E-state index in [1.54, 1.807) is 0 Å². The highest BCUT2D eigenvalue weighted by Gasteiger charge is 2.21. The first-order valence-corrected chi connectivity index (χ1v) is 8.65. The van der Waals surface area contributed by atoms with Gasteiger partial charge >= 0.3 is 0 Å². The van der Waals surface area contributed by atoms with Crippen LogP contribution in [0.25, 0.3) is 10.9 Å². The quantitative estimate of drug-likeness (QED) is 0.718. The Morgan fingerprint density at radius 1 is 0.917 bits per heavy atom. The molecule has 0 radical (unpaired) electrons. The molecule has 1 aliphatic heterocycles. The molecule has 1 saturated heterocycles. The number of para-hydroxylation sites is 1. The summed E-state index contributed by atoms with van der Waals surface area (Å²) in [5.74, 6) is 0.960. The number of rotatable bonds is 4. The van der Waals surface area contributed by atoms with Crippen molar-refractivity contribution >= 4 is 10.9 Å². The van der Waals surface area contributed by atoms with Gasteiger partial charge in [0.1, 0.15) is 11.9 Å². The number of fused-ring (bicyclic) bond motifs is 1. The fraction of sp³-hybridized carbons (Fsp3) is 0.286. The minimum Gasteiger partial charge on any atom is -0.490 e. The van der Waals surface area contributed by atoms with Crippen LogP contribution in [0.5, 0.6) is 5.75 Å². The lowest BCUT2D eigenvalue weighted by molar-refractivity contribution is 0.0979. The number of likely N-dealkylation sites (tertiary alicyclic amines) is 1. The van der Waals surface area contributed by atoms with Crippen molar-refractivity contribution in [2.24, 2.45) is 0 Å². The molecule has 0 bridgehead atoms. The highest BCUT2D eigenvalue weighted by molar-refractivity contribution is 5.84. The molecule has 2 heterocycles. The average molecular weight is 318 g/mol. The van der Waals surface area contributed by atoms with Crippen molar-refractivity contribution in [3.63, 3.8) is 0 Å². The number of hydrogen-bond donors (Lipinski definition) is 0. The molecule has 24 heavy (non-hydrogen) atoms. The Kier molecular flexibility index (Phi) is 4.43. The number of pyridine rings is 1. The summed E-state index contributed by atoms with van der Waals surface area (Å²) < 4.78 is 6.30. The maximum atomic E-state index is 6.30. The van der Waals surface area contributed by atoms with Crippen molar-refractivity contribution < 1.29 is 4.74 Å². The van der Waals surface area contributed by atoms with Crippen LogP contribution in [-0.4, -0.2) is 29.1 Å². The van der Waals surface area contributed by atoms with Crippen molar-refractivity contribution in [3.8, 4) is 5.75 Å². The summed E-state index contributed by atoms with van der Waals surface area (Å²) in [6.07, 6.45) is 4.28. The monoisotopic (exact) mass is 318 g/mol. The first-order chi connectivity index (χ1) is 11.9. The Balaban J connectivity index is 1.38. The largest absolute Gasteiger partial charge is 0.490 e. The van der Waals surface area contributed by atoms with Gasteiger partial charge in [0, 0.05) is 31.2 Å². The maximum absolute atomic E-state index is 6.30.